The maximum atomic E-state index is 5.59. The van der Waals surface area contributed by atoms with Crippen molar-refractivity contribution in [1.82, 2.24) is 0 Å². The Balaban J connectivity index is 2.12. The number of anilines is 1. The molecule has 0 fully saturated rings. The summed E-state index contributed by atoms with van der Waals surface area (Å²) < 4.78 is 16.0. The minimum atomic E-state index is 0.208. The van der Waals surface area contributed by atoms with Crippen LogP contribution < -0.4 is 10.1 Å². The fourth-order valence-corrected chi connectivity index (χ4v) is 1.60. The van der Waals surface area contributed by atoms with E-state index in [4.69, 9.17) is 14.2 Å². The molecule has 19 heavy (non-hydrogen) atoms. The number of benzene rings is 1. The molecular weight excluding hydrogens is 242 g/mol. The van der Waals surface area contributed by atoms with Gasteiger partial charge >= 0.3 is 0 Å². The fourth-order valence-electron chi connectivity index (χ4n) is 1.60. The summed E-state index contributed by atoms with van der Waals surface area (Å²) in [4.78, 5) is 0. The zero-order chi connectivity index (χ0) is 13.9. The predicted molar refractivity (Wildman–Crippen MR) is 78.0 cm³/mol. The second kappa shape index (κ2) is 9.64. The third-order valence-electron chi connectivity index (χ3n) is 2.44. The molecule has 1 aromatic rings. The number of hydrogen-bond acceptors (Lipinski definition) is 4. The maximum absolute atomic E-state index is 5.59. The van der Waals surface area contributed by atoms with Gasteiger partial charge in [0.2, 0.25) is 0 Å². The summed E-state index contributed by atoms with van der Waals surface area (Å²) in [5.74, 6) is 0.899. The molecule has 0 aromatic heterocycles. The Bertz CT molecular complexity index is 325. The van der Waals surface area contributed by atoms with E-state index in [1.165, 1.54) is 0 Å². The molecule has 0 atom stereocenters. The van der Waals surface area contributed by atoms with Gasteiger partial charge in [0.15, 0.2) is 0 Å². The summed E-state index contributed by atoms with van der Waals surface area (Å²) in [6.07, 6.45) is 1.15. The van der Waals surface area contributed by atoms with Crippen LogP contribution in [0.4, 0.5) is 5.69 Å². The highest BCUT2D eigenvalue weighted by Crippen LogP contribution is 2.16. The molecule has 0 heterocycles. The van der Waals surface area contributed by atoms with E-state index in [1.54, 1.807) is 7.11 Å². The van der Waals surface area contributed by atoms with Gasteiger partial charge in [-0.15, -0.1) is 0 Å². The lowest BCUT2D eigenvalue weighted by Crippen LogP contribution is -2.11. The zero-order valence-electron chi connectivity index (χ0n) is 12.1. The van der Waals surface area contributed by atoms with Gasteiger partial charge in [0.25, 0.3) is 0 Å². The minimum Gasteiger partial charge on any atom is -0.491 e. The van der Waals surface area contributed by atoms with Gasteiger partial charge in [-0.2, -0.15) is 0 Å². The van der Waals surface area contributed by atoms with E-state index in [9.17, 15) is 0 Å². The van der Waals surface area contributed by atoms with Gasteiger partial charge in [0.1, 0.15) is 5.75 Å². The van der Waals surface area contributed by atoms with Gasteiger partial charge in [-0.25, -0.2) is 0 Å². The highest BCUT2D eigenvalue weighted by molar-refractivity contribution is 5.46. The van der Waals surface area contributed by atoms with Crippen molar-refractivity contribution in [2.24, 2.45) is 0 Å². The molecule has 0 saturated carbocycles. The van der Waals surface area contributed by atoms with Gasteiger partial charge in [0.05, 0.1) is 12.7 Å². The van der Waals surface area contributed by atoms with Crippen molar-refractivity contribution in [3.8, 4) is 5.75 Å². The van der Waals surface area contributed by atoms with E-state index in [1.807, 2.05) is 38.1 Å². The van der Waals surface area contributed by atoms with Gasteiger partial charge in [-0.05, 0) is 44.5 Å². The quantitative estimate of drug-likeness (QED) is 0.662. The average Bonchev–Trinajstić information content (AvgIpc) is 2.39. The van der Waals surface area contributed by atoms with Crippen LogP contribution in [0.5, 0.6) is 5.75 Å². The van der Waals surface area contributed by atoms with Crippen LogP contribution in [0, 0.1) is 0 Å². The van der Waals surface area contributed by atoms with E-state index in [2.05, 4.69) is 5.32 Å². The summed E-state index contributed by atoms with van der Waals surface area (Å²) in [6, 6.07) is 7.98. The molecular formula is C15H25NO3. The molecule has 1 aromatic carbocycles. The second-order valence-corrected chi connectivity index (χ2v) is 4.58. The lowest BCUT2D eigenvalue weighted by molar-refractivity contribution is 0.109. The number of methoxy groups -OCH3 is 1. The summed E-state index contributed by atoms with van der Waals surface area (Å²) >= 11 is 0. The first kappa shape index (κ1) is 15.8. The Morgan fingerprint density at radius 3 is 2.42 bits per heavy atom. The highest BCUT2D eigenvalue weighted by atomic mass is 16.5. The minimum absolute atomic E-state index is 0.208. The van der Waals surface area contributed by atoms with Crippen LogP contribution in [0.15, 0.2) is 24.3 Å². The molecule has 1 N–H and O–H groups in total. The van der Waals surface area contributed by atoms with Crippen LogP contribution in [-0.2, 0) is 9.47 Å². The van der Waals surface area contributed by atoms with Crippen molar-refractivity contribution < 1.29 is 14.2 Å². The van der Waals surface area contributed by atoms with Crippen LogP contribution in [0.2, 0.25) is 0 Å². The Labute approximate surface area is 116 Å². The first-order valence-corrected chi connectivity index (χ1v) is 6.79. The molecule has 0 saturated heterocycles. The third kappa shape index (κ3) is 7.70. The van der Waals surface area contributed by atoms with E-state index in [-0.39, 0.29) is 6.10 Å². The largest absolute Gasteiger partial charge is 0.491 e. The average molecular weight is 267 g/mol. The molecule has 0 bridgehead atoms. The molecule has 4 nitrogen and oxygen atoms in total. The molecule has 0 aliphatic rings. The van der Waals surface area contributed by atoms with Crippen LogP contribution in [-0.4, -0.2) is 39.6 Å². The van der Waals surface area contributed by atoms with Gasteiger partial charge < -0.3 is 19.5 Å². The molecule has 0 aliphatic heterocycles. The zero-order valence-corrected chi connectivity index (χ0v) is 12.1. The Morgan fingerprint density at radius 1 is 1.05 bits per heavy atom. The van der Waals surface area contributed by atoms with Crippen LogP contribution >= 0.6 is 0 Å². The molecule has 0 amide bonds. The van der Waals surface area contributed by atoms with E-state index in [0.29, 0.717) is 6.61 Å². The number of hydrogen-bond donors (Lipinski definition) is 1. The van der Waals surface area contributed by atoms with E-state index >= 15 is 0 Å². The third-order valence-corrected chi connectivity index (χ3v) is 2.44. The van der Waals surface area contributed by atoms with Crippen molar-refractivity contribution in [1.29, 1.82) is 0 Å². The molecule has 0 unspecified atom stereocenters. The first-order chi connectivity index (χ1) is 9.22. The lowest BCUT2D eigenvalue weighted by Gasteiger charge is -2.11. The Morgan fingerprint density at radius 2 is 1.79 bits per heavy atom. The van der Waals surface area contributed by atoms with Crippen molar-refractivity contribution in [2.75, 3.05) is 38.8 Å². The van der Waals surface area contributed by atoms with Crippen LogP contribution in [0.25, 0.3) is 0 Å². The van der Waals surface area contributed by atoms with Crippen LogP contribution in [0.3, 0.4) is 0 Å². The normalized spacial score (nSPS) is 10.7. The SMILES string of the molecule is COCCCOCCNc1ccc(OC(C)C)cc1. The summed E-state index contributed by atoms with van der Waals surface area (Å²) in [6.45, 7) is 7.05. The van der Waals surface area contributed by atoms with Crippen molar-refractivity contribution in [3.63, 3.8) is 0 Å². The Kier molecular flexibility index (Phi) is 8.02. The Hall–Kier alpha value is -1.26. The standard InChI is InChI=1S/C15H25NO3/c1-13(2)19-15-7-5-14(6-8-15)16-9-12-18-11-4-10-17-3/h5-8,13,16H,4,9-12H2,1-3H3. The topological polar surface area (TPSA) is 39.7 Å². The van der Waals surface area contributed by atoms with Gasteiger partial charge in [0, 0.05) is 32.6 Å². The predicted octanol–water partition coefficient (Wildman–Crippen LogP) is 2.94. The van der Waals surface area contributed by atoms with E-state index < -0.39 is 0 Å². The fraction of sp³-hybridized carbons (Fsp3) is 0.600. The lowest BCUT2D eigenvalue weighted by atomic mass is 10.3. The first-order valence-electron chi connectivity index (χ1n) is 6.79. The second-order valence-electron chi connectivity index (χ2n) is 4.58. The van der Waals surface area contributed by atoms with Crippen LogP contribution in [0.1, 0.15) is 20.3 Å². The van der Waals surface area contributed by atoms with Crippen molar-refractivity contribution in [3.05, 3.63) is 24.3 Å². The van der Waals surface area contributed by atoms with Gasteiger partial charge in [-0.3, -0.25) is 0 Å². The summed E-state index contributed by atoms with van der Waals surface area (Å²) in [5, 5.41) is 3.30. The summed E-state index contributed by atoms with van der Waals surface area (Å²) in [7, 11) is 1.70. The number of rotatable bonds is 10. The molecule has 0 radical (unpaired) electrons. The number of ether oxygens (including phenoxy) is 3. The number of nitrogens with one attached hydrogen (secondary N) is 1. The maximum Gasteiger partial charge on any atom is 0.119 e. The molecule has 108 valence electrons. The smallest absolute Gasteiger partial charge is 0.119 e. The monoisotopic (exact) mass is 267 g/mol. The molecule has 1 rings (SSSR count). The van der Waals surface area contributed by atoms with Crippen molar-refractivity contribution >= 4 is 5.69 Å². The molecule has 0 spiro atoms. The van der Waals surface area contributed by atoms with E-state index in [0.717, 1.165) is 37.6 Å². The highest BCUT2D eigenvalue weighted by Gasteiger charge is 1.97. The summed E-state index contributed by atoms with van der Waals surface area (Å²) in [5.41, 5.74) is 1.08. The van der Waals surface area contributed by atoms with Gasteiger partial charge in [-0.1, -0.05) is 0 Å². The molecule has 0 aliphatic carbocycles. The van der Waals surface area contributed by atoms with Crippen molar-refractivity contribution in [2.45, 2.75) is 26.4 Å². The molecule has 4 heteroatoms.